The molecule has 0 aliphatic rings. The monoisotopic (exact) mass is 270 g/mol. The second-order valence-corrected chi connectivity index (χ2v) is 4.58. The summed E-state index contributed by atoms with van der Waals surface area (Å²) in [5.41, 5.74) is 9.75. The molecule has 0 unspecified atom stereocenters. The van der Waals surface area contributed by atoms with Crippen molar-refractivity contribution in [3.63, 3.8) is 0 Å². The first-order chi connectivity index (χ1) is 9.61. The molecule has 4 N–H and O–H groups in total. The van der Waals surface area contributed by atoms with Gasteiger partial charge in [0.2, 0.25) is 0 Å². The van der Waals surface area contributed by atoms with Crippen LogP contribution in [0, 0.1) is 0 Å². The molecule has 0 amide bonds. The van der Waals surface area contributed by atoms with Gasteiger partial charge in [0, 0.05) is 6.54 Å². The number of nitrogens with one attached hydrogen (secondary N) is 1. The normalized spacial score (nSPS) is 10.2. The summed E-state index contributed by atoms with van der Waals surface area (Å²) in [7, 11) is 0. The average Bonchev–Trinajstić information content (AvgIpc) is 2.46. The molecule has 0 fully saturated rings. The minimum atomic E-state index is -0.956. The highest BCUT2D eigenvalue weighted by Gasteiger charge is 2.07. The third-order valence-corrected chi connectivity index (χ3v) is 3.27. The summed E-state index contributed by atoms with van der Waals surface area (Å²) in [6.07, 6.45) is 0.961. The number of hydrogen-bond donors (Lipinski definition) is 3. The van der Waals surface area contributed by atoms with Gasteiger partial charge in [-0.25, -0.2) is 4.79 Å². The van der Waals surface area contributed by atoms with Gasteiger partial charge in [0.25, 0.3) is 0 Å². The van der Waals surface area contributed by atoms with Gasteiger partial charge in [-0.3, -0.25) is 0 Å². The van der Waals surface area contributed by atoms with Crippen molar-refractivity contribution >= 4 is 17.3 Å². The van der Waals surface area contributed by atoms with Gasteiger partial charge >= 0.3 is 5.97 Å². The number of carboxylic acids is 1. The molecule has 4 nitrogen and oxygen atoms in total. The summed E-state index contributed by atoms with van der Waals surface area (Å²) in [4.78, 5) is 11.0. The van der Waals surface area contributed by atoms with Crippen molar-refractivity contribution in [2.24, 2.45) is 0 Å². The number of benzene rings is 2. The van der Waals surface area contributed by atoms with E-state index in [1.165, 1.54) is 17.2 Å². The molecule has 104 valence electrons. The fraction of sp³-hybridized carbons (Fsp3) is 0.188. The third kappa shape index (κ3) is 3.09. The number of rotatable bonds is 5. The van der Waals surface area contributed by atoms with Crippen LogP contribution in [0.1, 0.15) is 28.4 Å². The number of carboxylic acid groups (broad SMARTS) is 1. The average molecular weight is 270 g/mol. The van der Waals surface area contributed by atoms with Crippen molar-refractivity contribution in [2.45, 2.75) is 19.9 Å². The van der Waals surface area contributed by atoms with Crippen molar-refractivity contribution in [2.75, 3.05) is 11.1 Å². The van der Waals surface area contributed by atoms with Crippen LogP contribution in [0.25, 0.3) is 0 Å². The van der Waals surface area contributed by atoms with Crippen LogP contribution in [0.3, 0.4) is 0 Å². The number of aryl methyl sites for hydroxylation is 1. The molecule has 0 saturated heterocycles. The Balaban J connectivity index is 2.18. The van der Waals surface area contributed by atoms with Gasteiger partial charge in [-0.15, -0.1) is 0 Å². The van der Waals surface area contributed by atoms with Crippen LogP contribution in [0.4, 0.5) is 11.4 Å². The summed E-state index contributed by atoms with van der Waals surface area (Å²) in [6.45, 7) is 2.73. The van der Waals surface area contributed by atoms with E-state index in [0.29, 0.717) is 17.9 Å². The first kappa shape index (κ1) is 13.9. The Kier molecular flexibility index (Phi) is 4.25. The molecule has 2 aromatic carbocycles. The van der Waals surface area contributed by atoms with Crippen LogP contribution in [-0.4, -0.2) is 11.1 Å². The Labute approximate surface area is 118 Å². The standard InChI is InChI=1S/C16H18N2O2/c1-2-11-5-3-4-6-13(11)10-18-15-9-12(16(19)20)7-8-14(15)17/h3-9,18H,2,10,17H2,1H3,(H,19,20). The molecule has 0 aromatic heterocycles. The maximum atomic E-state index is 11.0. The Morgan fingerprint density at radius 3 is 2.55 bits per heavy atom. The lowest BCUT2D eigenvalue weighted by molar-refractivity contribution is 0.0697. The van der Waals surface area contributed by atoms with E-state index >= 15 is 0 Å². The molecule has 0 atom stereocenters. The summed E-state index contributed by atoms with van der Waals surface area (Å²) in [6, 6.07) is 12.8. The van der Waals surface area contributed by atoms with E-state index in [1.54, 1.807) is 12.1 Å². The molecule has 0 spiro atoms. The first-order valence-corrected chi connectivity index (χ1v) is 6.55. The molecule has 0 radical (unpaired) electrons. The van der Waals surface area contributed by atoms with E-state index in [1.807, 2.05) is 12.1 Å². The molecule has 4 heteroatoms. The van der Waals surface area contributed by atoms with Gasteiger partial charge in [0.15, 0.2) is 0 Å². The SMILES string of the molecule is CCc1ccccc1CNc1cc(C(=O)O)ccc1N. The summed E-state index contributed by atoms with van der Waals surface area (Å²) in [5.74, 6) is -0.956. The number of anilines is 2. The highest BCUT2D eigenvalue weighted by molar-refractivity contribution is 5.90. The van der Waals surface area contributed by atoms with Crippen molar-refractivity contribution in [1.82, 2.24) is 0 Å². The molecule has 0 aliphatic carbocycles. The zero-order chi connectivity index (χ0) is 14.5. The highest BCUT2D eigenvalue weighted by Crippen LogP contribution is 2.21. The van der Waals surface area contributed by atoms with E-state index in [0.717, 1.165) is 6.42 Å². The topological polar surface area (TPSA) is 75.3 Å². The van der Waals surface area contributed by atoms with Crippen LogP contribution in [0.15, 0.2) is 42.5 Å². The zero-order valence-electron chi connectivity index (χ0n) is 11.4. The number of hydrogen-bond acceptors (Lipinski definition) is 3. The van der Waals surface area contributed by atoms with Gasteiger partial charge in [-0.2, -0.15) is 0 Å². The molecule has 0 heterocycles. The molecule has 20 heavy (non-hydrogen) atoms. The lowest BCUT2D eigenvalue weighted by Gasteiger charge is -2.12. The predicted octanol–water partition coefficient (Wildman–Crippen LogP) is 3.14. The molecular weight excluding hydrogens is 252 g/mol. The number of nitrogen functional groups attached to an aromatic ring is 1. The van der Waals surface area contributed by atoms with E-state index in [2.05, 4.69) is 24.4 Å². The quantitative estimate of drug-likeness (QED) is 0.730. The Bertz CT molecular complexity index is 624. The van der Waals surface area contributed by atoms with Gasteiger partial charge < -0.3 is 16.2 Å². The Morgan fingerprint density at radius 1 is 1.20 bits per heavy atom. The fourth-order valence-electron chi connectivity index (χ4n) is 2.11. The Hall–Kier alpha value is -2.49. The number of nitrogens with two attached hydrogens (primary N) is 1. The predicted molar refractivity (Wildman–Crippen MR) is 81.0 cm³/mol. The van der Waals surface area contributed by atoms with Crippen LogP contribution in [0.5, 0.6) is 0 Å². The third-order valence-electron chi connectivity index (χ3n) is 3.27. The van der Waals surface area contributed by atoms with Crippen LogP contribution in [0.2, 0.25) is 0 Å². The molecule has 0 saturated carbocycles. The molecule has 0 aliphatic heterocycles. The zero-order valence-corrected chi connectivity index (χ0v) is 11.4. The summed E-state index contributed by atoms with van der Waals surface area (Å²) >= 11 is 0. The highest BCUT2D eigenvalue weighted by atomic mass is 16.4. The van der Waals surface area contributed by atoms with Crippen LogP contribution < -0.4 is 11.1 Å². The smallest absolute Gasteiger partial charge is 0.335 e. The van der Waals surface area contributed by atoms with Gasteiger partial charge in [-0.05, 0) is 35.7 Å². The van der Waals surface area contributed by atoms with Gasteiger partial charge in [0.05, 0.1) is 16.9 Å². The first-order valence-electron chi connectivity index (χ1n) is 6.55. The number of carbonyl (C=O) groups is 1. The van der Waals surface area contributed by atoms with Gasteiger partial charge in [-0.1, -0.05) is 31.2 Å². The van der Waals surface area contributed by atoms with E-state index in [-0.39, 0.29) is 5.56 Å². The largest absolute Gasteiger partial charge is 0.478 e. The minimum absolute atomic E-state index is 0.227. The number of aromatic carboxylic acids is 1. The Morgan fingerprint density at radius 2 is 1.90 bits per heavy atom. The van der Waals surface area contributed by atoms with Crippen LogP contribution in [-0.2, 0) is 13.0 Å². The van der Waals surface area contributed by atoms with Crippen molar-refractivity contribution in [3.8, 4) is 0 Å². The van der Waals surface area contributed by atoms with Crippen molar-refractivity contribution < 1.29 is 9.90 Å². The van der Waals surface area contributed by atoms with E-state index in [9.17, 15) is 4.79 Å². The molecular formula is C16H18N2O2. The van der Waals surface area contributed by atoms with Crippen LogP contribution >= 0.6 is 0 Å². The maximum Gasteiger partial charge on any atom is 0.335 e. The molecule has 2 aromatic rings. The van der Waals surface area contributed by atoms with E-state index in [4.69, 9.17) is 10.8 Å². The van der Waals surface area contributed by atoms with Crippen molar-refractivity contribution in [1.29, 1.82) is 0 Å². The molecule has 0 bridgehead atoms. The van der Waals surface area contributed by atoms with Gasteiger partial charge in [0.1, 0.15) is 0 Å². The second kappa shape index (κ2) is 6.10. The minimum Gasteiger partial charge on any atom is -0.478 e. The van der Waals surface area contributed by atoms with Crippen molar-refractivity contribution in [3.05, 3.63) is 59.2 Å². The van der Waals surface area contributed by atoms with E-state index < -0.39 is 5.97 Å². The lowest BCUT2D eigenvalue weighted by Crippen LogP contribution is -2.06. The summed E-state index contributed by atoms with van der Waals surface area (Å²) in [5, 5.41) is 12.2. The fourth-order valence-corrected chi connectivity index (χ4v) is 2.11. The molecule has 2 rings (SSSR count). The second-order valence-electron chi connectivity index (χ2n) is 4.58. The lowest BCUT2D eigenvalue weighted by atomic mass is 10.1. The maximum absolute atomic E-state index is 11.0. The summed E-state index contributed by atoms with van der Waals surface area (Å²) < 4.78 is 0.